The number of rotatable bonds is 3. The molecule has 0 N–H and O–H groups in total. The Morgan fingerprint density at radius 1 is 0.758 bits per heavy atom. The largest absolute Gasteiger partial charge is 0.416 e. The minimum Gasteiger partial charge on any atom is -0.368 e. The lowest BCUT2D eigenvalue weighted by Gasteiger charge is -2.39. The van der Waals surface area contributed by atoms with E-state index in [1.54, 1.807) is 17.0 Å². The van der Waals surface area contributed by atoms with Gasteiger partial charge in [0, 0.05) is 56.4 Å². The van der Waals surface area contributed by atoms with E-state index in [1.807, 2.05) is 4.90 Å². The molecule has 2 aliphatic heterocycles. The lowest BCUT2D eigenvalue weighted by atomic mass is 9.94. The second kappa shape index (κ2) is 9.41. The first kappa shape index (κ1) is 23.1. The van der Waals surface area contributed by atoms with E-state index in [0.717, 1.165) is 17.8 Å². The summed E-state index contributed by atoms with van der Waals surface area (Å²) < 4.78 is 51.3. The van der Waals surface area contributed by atoms with Crippen LogP contribution in [0.5, 0.6) is 0 Å². The Hall–Kier alpha value is -3.10. The summed E-state index contributed by atoms with van der Waals surface area (Å²) in [5, 5.41) is 0. The molecule has 4 rings (SSSR count). The van der Waals surface area contributed by atoms with Crippen molar-refractivity contribution >= 4 is 17.5 Å². The Bertz CT molecular complexity index is 976. The van der Waals surface area contributed by atoms with Crippen molar-refractivity contribution in [2.75, 3.05) is 44.2 Å². The molecule has 0 spiro atoms. The fourth-order valence-corrected chi connectivity index (χ4v) is 4.41. The fourth-order valence-electron chi connectivity index (χ4n) is 4.41. The van der Waals surface area contributed by atoms with E-state index >= 15 is 0 Å². The Kier molecular flexibility index (Phi) is 6.58. The highest BCUT2D eigenvalue weighted by Crippen LogP contribution is 2.29. The third kappa shape index (κ3) is 5.29. The van der Waals surface area contributed by atoms with Crippen molar-refractivity contribution in [3.05, 3.63) is 65.5 Å². The number of halogens is 4. The average Bonchev–Trinajstić information content (AvgIpc) is 2.83. The molecule has 2 aromatic rings. The van der Waals surface area contributed by atoms with Crippen LogP contribution in [0.2, 0.25) is 0 Å². The number of alkyl halides is 3. The third-order valence-corrected chi connectivity index (χ3v) is 6.37. The fraction of sp³-hybridized carbons (Fsp3) is 0.417. The van der Waals surface area contributed by atoms with Gasteiger partial charge in [0.25, 0.3) is 5.91 Å². The van der Waals surface area contributed by atoms with Gasteiger partial charge in [0.2, 0.25) is 5.91 Å². The Morgan fingerprint density at radius 2 is 1.33 bits per heavy atom. The zero-order valence-electron chi connectivity index (χ0n) is 18.0. The number of nitrogens with zero attached hydrogens (tertiary/aromatic N) is 3. The minimum atomic E-state index is -4.44. The van der Waals surface area contributed by atoms with E-state index in [9.17, 15) is 27.2 Å². The first-order valence-corrected chi connectivity index (χ1v) is 11.0. The van der Waals surface area contributed by atoms with Gasteiger partial charge >= 0.3 is 6.18 Å². The molecule has 2 aliphatic rings. The highest BCUT2D eigenvalue weighted by Gasteiger charge is 2.33. The molecule has 0 saturated carbocycles. The summed E-state index contributed by atoms with van der Waals surface area (Å²) in [5.41, 5.74) is 0.353. The second-order valence-electron chi connectivity index (χ2n) is 8.43. The molecule has 33 heavy (non-hydrogen) atoms. The molecule has 5 nitrogen and oxygen atoms in total. The summed E-state index contributed by atoms with van der Waals surface area (Å²) in [4.78, 5) is 31.2. The molecule has 0 aromatic heterocycles. The number of likely N-dealkylation sites (tertiary alicyclic amines) is 1. The topological polar surface area (TPSA) is 43.9 Å². The third-order valence-electron chi connectivity index (χ3n) is 6.37. The molecule has 176 valence electrons. The summed E-state index contributed by atoms with van der Waals surface area (Å²) >= 11 is 0. The number of carbonyl (C=O) groups excluding carboxylic acids is 2. The van der Waals surface area contributed by atoms with Crippen LogP contribution in [0.3, 0.4) is 0 Å². The van der Waals surface area contributed by atoms with E-state index in [-0.39, 0.29) is 29.1 Å². The van der Waals surface area contributed by atoms with Crippen molar-refractivity contribution in [3.8, 4) is 0 Å². The smallest absolute Gasteiger partial charge is 0.368 e. The average molecular weight is 463 g/mol. The summed E-state index contributed by atoms with van der Waals surface area (Å²) in [6.07, 6.45) is -3.38. The SMILES string of the molecule is O=C(c1ccc(C(F)(F)F)cc1)N1CCC(C(=O)N2CCN(c3ccc(F)cc3)CC2)CC1. The van der Waals surface area contributed by atoms with Crippen LogP contribution in [0.15, 0.2) is 48.5 Å². The Labute approximate surface area is 189 Å². The van der Waals surface area contributed by atoms with Gasteiger partial charge in [0.05, 0.1) is 5.56 Å². The normalized spacial score (nSPS) is 17.9. The number of amides is 2. The van der Waals surface area contributed by atoms with Crippen molar-refractivity contribution in [1.29, 1.82) is 0 Å². The van der Waals surface area contributed by atoms with Gasteiger partial charge in [-0.15, -0.1) is 0 Å². The second-order valence-corrected chi connectivity index (χ2v) is 8.43. The van der Waals surface area contributed by atoms with Gasteiger partial charge in [0.15, 0.2) is 0 Å². The lowest BCUT2D eigenvalue weighted by molar-refractivity contribution is -0.138. The Morgan fingerprint density at radius 3 is 1.88 bits per heavy atom. The number of benzene rings is 2. The first-order chi connectivity index (χ1) is 15.7. The predicted molar refractivity (Wildman–Crippen MR) is 115 cm³/mol. The van der Waals surface area contributed by atoms with Crippen molar-refractivity contribution in [1.82, 2.24) is 9.80 Å². The van der Waals surface area contributed by atoms with Crippen LogP contribution >= 0.6 is 0 Å². The molecule has 2 amide bonds. The van der Waals surface area contributed by atoms with E-state index in [4.69, 9.17) is 0 Å². The van der Waals surface area contributed by atoms with Crippen LogP contribution in [0.25, 0.3) is 0 Å². The maximum atomic E-state index is 13.1. The van der Waals surface area contributed by atoms with Gasteiger partial charge in [-0.3, -0.25) is 9.59 Å². The molecule has 9 heteroatoms. The van der Waals surface area contributed by atoms with E-state index in [0.29, 0.717) is 52.1 Å². The van der Waals surface area contributed by atoms with Gasteiger partial charge in [-0.25, -0.2) is 4.39 Å². The molecule has 0 atom stereocenters. The predicted octanol–water partition coefficient (Wildman–Crippen LogP) is 4.05. The zero-order chi connectivity index (χ0) is 23.6. The number of carbonyl (C=O) groups is 2. The van der Waals surface area contributed by atoms with Crippen LogP contribution in [0.4, 0.5) is 23.2 Å². The number of piperazine rings is 1. The number of hydrogen-bond acceptors (Lipinski definition) is 3. The molecule has 0 unspecified atom stereocenters. The Balaban J connectivity index is 1.27. The van der Waals surface area contributed by atoms with Crippen molar-refractivity contribution < 1.29 is 27.2 Å². The first-order valence-electron chi connectivity index (χ1n) is 11.0. The van der Waals surface area contributed by atoms with Crippen LogP contribution in [0, 0.1) is 11.7 Å². The number of hydrogen-bond donors (Lipinski definition) is 0. The molecule has 2 aromatic carbocycles. The minimum absolute atomic E-state index is 0.0791. The van der Waals surface area contributed by atoms with Crippen LogP contribution in [0.1, 0.15) is 28.8 Å². The van der Waals surface area contributed by atoms with Crippen molar-refractivity contribution in [3.63, 3.8) is 0 Å². The van der Waals surface area contributed by atoms with E-state index < -0.39 is 11.7 Å². The molecule has 2 heterocycles. The molecule has 0 aliphatic carbocycles. The maximum absolute atomic E-state index is 13.1. The molecular weight excluding hydrogens is 438 g/mol. The standard InChI is InChI=1S/C24H25F4N3O2/c25-20-5-7-21(8-6-20)29-13-15-31(16-14-29)23(33)18-9-11-30(12-10-18)22(32)17-1-3-19(4-2-17)24(26,27)28/h1-8,18H,9-16H2. The maximum Gasteiger partial charge on any atom is 0.416 e. The summed E-state index contributed by atoms with van der Waals surface area (Å²) in [6.45, 7) is 3.30. The van der Waals surface area contributed by atoms with Gasteiger partial charge < -0.3 is 14.7 Å². The molecule has 0 bridgehead atoms. The van der Waals surface area contributed by atoms with E-state index in [2.05, 4.69) is 4.90 Å². The summed E-state index contributed by atoms with van der Waals surface area (Å²) in [6, 6.07) is 10.5. The van der Waals surface area contributed by atoms with Crippen molar-refractivity contribution in [2.45, 2.75) is 19.0 Å². The van der Waals surface area contributed by atoms with Crippen LogP contribution < -0.4 is 4.90 Å². The van der Waals surface area contributed by atoms with Gasteiger partial charge in [-0.05, 0) is 61.4 Å². The quantitative estimate of drug-likeness (QED) is 0.646. The summed E-state index contributed by atoms with van der Waals surface area (Å²) in [7, 11) is 0. The molecule has 0 radical (unpaired) electrons. The molecular formula is C24H25F4N3O2. The molecule has 2 saturated heterocycles. The zero-order valence-corrected chi connectivity index (χ0v) is 18.0. The lowest BCUT2D eigenvalue weighted by Crippen LogP contribution is -2.52. The van der Waals surface area contributed by atoms with Crippen LogP contribution in [-0.2, 0) is 11.0 Å². The number of piperidine rings is 1. The van der Waals surface area contributed by atoms with Crippen LogP contribution in [-0.4, -0.2) is 60.9 Å². The highest BCUT2D eigenvalue weighted by atomic mass is 19.4. The number of anilines is 1. The van der Waals surface area contributed by atoms with Gasteiger partial charge in [-0.1, -0.05) is 0 Å². The monoisotopic (exact) mass is 463 g/mol. The highest BCUT2D eigenvalue weighted by molar-refractivity contribution is 5.94. The van der Waals surface area contributed by atoms with Gasteiger partial charge in [-0.2, -0.15) is 13.2 Å². The van der Waals surface area contributed by atoms with Crippen molar-refractivity contribution in [2.24, 2.45) is 5.92 Å². The van der Waals surface area contributed by atoms with E-state index in [1.165, 1.54) is 24.3 Å². The summed E-state index contributed by atoms with van der Waals surface area (Å²) in [5.74, 6) is -0.687. The molecule has 2 fully saturated rings. The van der Waals surface area contributed by atoms with Gasteiger partial charge in [0.1, 0.15) is 5.82 Å².